The molecule has 0 spiro atoms. The van der Waals surface area contributed by atoms with Crippen molar-refractivity contribution in [1.82, 2.24) is 14.9 Å². The molecule has 0 saturated carbocycles. The summed E-state index contributed by atoms with van der Waals surface area (Å²) in [7, 11) is 0. The first kappa shape index (κ1) is 19.6. The van der Waals surface area contributed by atoms with Gasteiger partial charge in [0.2, 0.25) is 0 Å². The van der Waals surface area contributed by atoms with Crippen molar-refractivity contribution < 1.29 is 4.79 Å². The number of rotatable bonds is 5. The predicted octanol–water partition coefficient (Wildman–Crippen LogP) is 4.64. The highest BCUT2D eigenvalue weighted by Crippen LogP contribution is 2.25. The highest BCUT2D eigenvalue weighted by molar-refractivity contribution is 6.01. The molecule has 0 aliphatic heterocycles. The van der Waals surface area contributed by atoms with Gasteiger partial charge in [-0.25, -0.2) is 4.98 Å². The van der Waals surface area contributed by atoms with E-state index in [1.54, 1.807) is 17.0 Å². The second-order valence-corrected chi connectivity index (χ2v) is 7.47. The van der Waals surface area contributed by atoms with Crippen molar-refractivity contribution in [1.29, 1.82) is 0 Å². The van der Waals surface area contributed by atoms with E-state index in [1.807, 2.05) is 80.6 Å². The van der Waals surface area contributed by atoms with Crippen LogP contribution in [0.5, 0.6) is 0 Å². The summed E-state index contributed by atoms with van der Waals surface area (Å²) in [6.45, 7) is 4.14. The van der Waals surface area contributed by atoms with Crippen LogP contribution in [-0.2, 0) is 6.54 Å². The van der Waals surface area contributed by atoms with Crippen LogP contribution in [0.15, 0.2) is 83.7 Å². The van der Waals surface area contributed by atoms with Crippen molar-refractivity contribution in [3.8, 4) is 11.1 Å². The summed E-state index contributed by atoms with van der Waals surface area (Å²) in [6, 6.07) is 24.6. The summed E-state index contributed by atoms with van der Waals surface area (Å²) in [5.74, 6) is 0.373. The van der Waals surface area contributed by atoms with E-state index in [0.29, 0.717) is 22.3 Å². The number of benzene rings is 3. The Morgan fingerprint density at radius 3 is 2.37 bits per heavy atom. The van der Waals surface area contributed by atoms with Crippen LogP contribution in [-0.4, -0.2) is 26.8 Å². The van der Waals surface area contributed by atoms with Crippen molar-refractivity contribution in [2.24, 2.45) is 0 Å². The first-order valence-electron chi connectivity index (χ1n) is 9.98. The van der Waals surface area contributed by atoms with Crippen molar-refractivity contribution in [3.63, 3.8) is 0 Å². The van der Waals surface area contributed by atoms with Crippen LogP contribution in [0.1, 0.15) is 30.0 Å². The van der Waals surface area contributed by atoms with Crippen LogP contribution >= 0.6 is 0 Å². The monoisotopic (exact) mass is 397 g/mol. The summed E-state index contributed by atoms with van der Waals surface area (Å²) in [5.41, 5.74) is 2.92. The highest BCUT2D eigenvalue weighted by atomic mass is 16.2. The molecule has 1 aromatic heterocycles. The number of H-pyrrole nitrogens is 1. The molecule has 0 bridgehead atoms. The van der Waals surface area contributed by atoms with Gasteiger partial charge in [0.25, 0.3) is 11.5 Å². The number of hydrogen-bond acceptors (Lipinski definition) is 3. The quantitative estimate of drug-likeness (QED) is 0.533. The van der Waals surface area contributed by atoms with Crippen molar-refractivity contribution in [2.75, 3.05) is 0 Å². The average Bonchev–Trinajstić information content (AvgIpc) is 2.77. The molecule has 4 rings (SSSR count). The predicted molar refractivity (Wildman–Crippen MR) is 119 cm³/mol. The second kappa shape index (κ2) is 8.33. The summed E-state index contributed by atoms with van der Waals surface area (Å²) >= 11 is 0. The van der Waals surface area contributed by atoms with E-state index in [9.17, 15) is 9.59 Å². The molecule has 3 aromatic carbocycles. The Kier molecular flexibility index (Phi) is 5.44. The molecule has 1 heterocycles. The molecule has 0 saturated heterocycles. The number of amides is 1. The molecule has 4 aromatic rings. The van der Waals surface area contributed by atoms with Crippen LogP contribution in [0.4, 0.5) is 0 Å². The van der Waals surface area contributed by atoms with Crippen LogP contribution in [0, 0.1) is 0 Å². The molecule has 0 unspecified atom stereocenters. The fourth-order valence-corrected chi connectivity index (χ4v) is 3.55. The van der Waals surface area contributed by atoms with Gasteiger partial charge < -0.3 is 9.88 Å². The first-order valence-corrected chi connectivity index (χ1v) is 9.98. The Bertz CT molecular complexity index is 1250. The Balaban J connectivity index is 1.71. The van der Waals surface area contributed by atoms with Crippen molar-refractivity contribution in [3.05, 3.63) is 101 Å². The average molecular weight is 397 g/mol. The number of nitrogens with one attached hydrogen (secondary N) is 1. The molecule has 1 N–H and O–H groups in total. The van der Waals surface area contributed by atoms with E-state index in [4.69, 9.17) is 0 Å². The molecule has 0 aliphatic carbocycles. The van der Waals surface area contributed by atoms with Gasteiger partial charge in [0.05, 0.1) is 17.4 Å². The van der Waals surface area contributed by atoms with E-state index in [0.717, 1.165) is 11.1 Å². The number of fused-ring (bicyclic) bond motifs is 1. The summed E-state index contributed by atoms with van der Waals surface area (Å²) in [6.07, 6.45) is 0. The lowest BCUT2D eigenvalue weighted by Gasteiger charge is -2.27. The normalized spacial score (nSPS) is 11.0. The van der Waals surface area contributed by atoms with Gasteiger partial charge >= 0.3 is 0 Å². The zero-order valence-corrected chi connectivity index (χ0v) is 17.0. The van der Waals surface area contributed by atoms with E-state index in [1.165, 1.54) is 0 Å². The fourth-order valence-electron chi connectivity index (χ4n) is 3.55. The van der Waals surface area contributed by atoms with Gasteiger partial charge in [0.1, 0.15) is 5.82 Å². The van der Waals surface area contributed by atoms with Crippen LogP contribution in [0.2, 0.25) is 0 Å². The fraction of sp³-hybridized carbons (Fsp3) is 0.160. The lowest BCUT2D eigenvalue weighted by molar-refractivity contribution is 0.0686. The van der Waals surface area contributed by atoms with Gasteiger partial charge in [-0.1, -0.05) is 60.7 Å². The lowest BCUT2D eigenvalue weighted by Crippen LogP contribution is -2.37. The molecule has 0 fully saturated rings. The Morgan fingerprint density at radius 2 is 1.60 bits per heavy atom. The summed E-state index contributed by atoms with van der Waals surface area (Å²) < 4.78 is 0. The molecule has 5 heteroatoms. The van der Waals surface area contributed by atoms with Crippen LogP contribution in [0.3, 0.4) is 0 Å². The van der Waals surface area contributed by atoms with Crippen LogP contribution in [0.25, 0.3) is 22.0 Å². The van der Waals surface area contributed by atoms with Crippen molar-refractivity contribution in [2.45, 2.75) is 26.4 Å². The van der Waals surface area contributed by atoms with Gasteiger partial charge in [0.15, 0.2) is 0 Å². The highest BCUT2D eigenvalue weighted by Gasteiger charge is 2.23. The van der Waals surface area contributed by atoms with Gasteiger partial charge in [-0.15, -0.1) is 0 Å². The van der Waals surface area contributed by atoms with Gasteiger partial charge in [-0.2, -0.15) is 0 Å². The van der Waals surface area contributed by atoms with E-state index in [2.05, 4.69) is 9.97 Å². The number of para-hydroxylation sites is 1. The molecule has 0 aliphatic rings. The Morgan fingerprint density at radius 1 is 0.933 bits per heavy atom. The number of carbonyl (C=O) groups excluding carboxylic acids is 1. The summed E-state index contributed by atoms with van der Waals surface area (Å²) in [4.78, 5) is 35.1. The van der Waals surface area contributed by atoms with Crippen LogP contribution < -0.4 is 5.56 Å². The first-order chi connectivity index (χ1) is 14.5. The topological polar surface area (TPSA) is 66.1 Å². The number of aromatic nitrogens is 2. The molecular formula is C25H23N3O2. The third-order valence-corrected chi connectivity index (χ3v) is 5.11. The number of aromatic amines is 1. The second-order valence-electron chi connectivity index (χ2n) is 7.47. The smallest absolute Gasteiger partial charge is 0.258 e. The maximum absolute atomic E-state index is 13.5. The van der Waals surface area contributed by atoms with E-state index < -0.39 is 0 Å². The van der Waals surface area contributed by atoms with E-state index >= 15 is 0 Å². The minimum Gasteiger partial charge on any atom is -0.329 e. The van der Waals surface area contributed by atoms with Gasteiger partial charge in [-0.3, -0.25) is 9.59 Å². The standard InChI is InChI=1S/C25H23N3O2/c1-17(2)28(16-23-26-22-15-9-8-14-21(22)24(29)27-23)25(30)20-13-7-6-12-19(20)18-10-4-3-5-11-18/h3-15,17H,16H2,1-2H3,(H,26,27,29). The molecule has 150 valence electrons. The third-order valence-electron chi connectivity index (χ3n) is 5.11. The van der Waals surface area contributed by atoms with Gasteiger partial charge in [0, 0.05) is 11.6 Å². The number of nitrogens with zero attached hydrogens (tertiary/aromatic N) is 2. The molecule has 1 amide bonds. The SMILES string of the molecule is CC(C)N(Cc1nc2ccccc2c(=O)[nH]1)C(=O)c1ccccc1-c1ccccc1. The molecule has 0 atom stereocenters. The zero-order chi connectivity index (χ0) is 21.1. The number of carbonyl (C=O) groups is 1. The molecular weight excluding hydrogens is 374 g/mol. The minimum atomic E-state index is -0.198. The Hall–Kier alpha value is -3.73. The van der Waals surface area contributed by atoms with E-state index in [-0.39, 0.29) is 24.1 Å². The molecule has 30 heavy (non-hydrogen) atoms. The Labute approximate surface area is 175 Å². The maximum atomic E-state index is 13.5. The van der Waals surface area contributed by atoms with Gasteiger partial charge in [-0.05, 0) is 43.2 Å². The molecule has 5 nitrogen and oxygen atoms in total. The third kappa shape index (κ3) is 3.87. The number of hydrogen-bond donors (Lipinski definition) is 1. The lowest BCUT2D eigenvalue weighted by atomic mass is 9.98. The summed E-state index contributed by atoms with van der Waals surface area (Å²) in [5, 5.41) is 0.540. The molecule has 0 radical (unpaired) electrons. The zero-order valence-electron chi connectivity index (χ0n) is 17.0. The largest absolute Gasteiger partial charge is 0.329 e. The minimum absolute atomic E-state index is 0.0712. The maximum Gasteiger partial charge on any atom is 0.258 e. The van der Waals surface area contributed by atoms with Crippen molar-refractivity contribution >= 4 is 16.8 Å².